The predicted octanol–water partition coefficient (Wildman–Crippen LogP) is 5.48. The maximum Gasteiger partial charge on any atom is 0.243 e. The topological polar surface area (TPSA) is 89.1 Å². The molecule has 10 heteroatoms. The van der Waals surface area contributed by atoms with E-state index in [1.54, 1.807) is 35.2 Å². The number of ether oxygens (including phenoxy) is 3. The van der Waals surface area contributed by atoms with Crippen LogP contribution in [0.1, 0.15) is 18.9 Å². The van der Waals surface area contributed by atoms with Gasteiger partial charge in [-0.15, -0.1) is 0 Å². The fraction of sp³-hybridized carbons (Fsp3) is 0.259. The second kappa shape index (κ2) is 12.1. The lowest BCUT2D eigenvalue weighted by molar-refractivity contribution is -0.125. The van der Waals surface area contributed by atoms with E-state index in [0.29, 0.717) is 33.8 Å². The summed E-state index contributed by atoms with van der Waals surface area (Å²) < 4.78 is 16.8. The number of nitrogens with one attached hydrogen (secondary N) is 2. The van der Waals surface area contributed by atoms with Gasteiger partial charge in [-0.25, -0.2) is 0 Å². The highest BCUT2D eigenvalue weighted by molar-refractivity contribution is 6.32. The third-order valence-electron chi connectivity index (χ3n) is 5.84. The van der Waals surface area contributed by atoms with Gasteiger partial charge in [0.25, 0.3) is 0 Å². The number of methoxy groups -OCH3 is 1. The van der Waals surface area contributed by atoms with Crippen molar-refractivity contribution >= 4 is 46.4 Å². The number of carbonyl (C=O) groups is 2. The molecular formula is C27H27Cl2N3O5. The summed E-state index contributed by atoms with van der Waals surface area (Å²) >= 11 is 12.6. The quantitative estimate of drug-likeness (QED) is 0.329. The molecule has 194 valence electrons. The number of hydrazine groups is 1. The molecule has 2 amide bonds. The van der Waals surface area contributed by atoms with E-state index in [2.05, 4.69) is 10.9 Å². The Bertz CT molecular complexity index is 1270. The Hall–Kier alpha value is -3.62. The highest BCUT2D eigenvalue weighted by Crippen LogP contribution is 2.39. The van der Waals surface area contributed by atoms with Gasteiger partial charge in [0.2, 0.25) is 11.8 Å². The van der Waals surface area contributed by atoms with Crippen molar-refractivity contribution in [1.82, 2.24) is 5.43 Å². The van der Waals surface area contributed by atoms with Crippen LogP contribution in [0.5, 0.6) is 17.2 Å². The molecule has 0 spiro atoms. The van der Waals surface area contributed by atoms with Crippen LogP contribution in [0.2, 0.25) is 10.0 Å². The Morgan fingerprint density at radius 3 is 2.51 bits per heavy atom. The minimum Gasteiger partial charge on any atom is -0.494 e. The van der Waals surface area contributed by atoms with E-state index in [0.717, 1.165) is 17.0 Å². The Morgan fingerprint density at radius 2 is 1.81 bits per heavy atom. The molecule has 0 radical (unpaired) electrons. The lowest BCUT2D eigenvalue weighted by Gasteiger charge is -2.18. The largest absolute Gasteiger partial charge is 0.494 e. The molecule has 8 nitrogen and oxygen atoms in total. The van der Waals surface area contributed by atoms with Crippen molar-refractivity contribution in [3.05, 3.63) is 76.3 Å². The minimum atomic E-state index is -0.512. The van der Waals surface area contributed by atoms with Crippen LogP contribution in [-0.2, 0) is 16.2 Å². The molecule has 0 aromatic heterocycles. The van der Waals surface area contributed by atoms with E-state index in [9.17, 15) is 9.59 Å². The van der Waals surface area contributed by atoms with E-state index in [1.807, 2.05) is 37.3 Å². The molecule has 1 saturated heterocycles. The van der Waals surface area contributed by atoms with Gasteiger partial charge in [0, 0.05) is 35.3 Å². The first-order valence-corrected chi connectivity index (χ1v) is 12.5. The smallest absolute Gasteiger partial charge is 0.243 e. The van der Waals surface area contributed by atoms with Gasteiger partial charge in [-0.2, -0.15) is 0 Å². The van der Waals surface area contributed by atoms with Gasteiger partial charge in [0.15, 0.2) is 11.5 Å². The third kappa shape index (κ3) is 6.39. The van der Waals surface area contributed by atoms with Gasteiger partial charge in [-0.1, -0.05) is 41.4 Å². The Labute approximate surface area is 225 Å². The number of hydrogen-bond acceptors (Lipinski definition) is 6. The number of carbonyl (C=O) groups excluding carboxylic acids is 2. The second-order valence-corrected chi connectivity index (χ2v) is 9.13. The van der Waals surface area contributed by atoms with E-state index < -0.39 is 5.92 Å². The monoisotopic (exact) mass is 543 g/mol. The number of halogens is 2. The summed E-state index contributed by atoms with van der Waals surface area (Å²) in [5.74, 6) is 0.528. The molecule has 1 heterocycles. The van der Waals surface area contributed by atoms with Crippen LogP contribution in [0.25, 0.3) is 0 Å². The van der Waals surface area contributed by atoms with Crippen molar-refractivity contribution in [2.45, 2.75) is 20.0 Å². The summed E-state index contributed by atoms with van der Waals surface area (Å²) in [6, 6.07) is 17.8. The number of nitrogens with zero attached hydrogens (tertiary/aromatic N) is 1. The van der Waals surface area contributed by atoms with Gasteiger partial charge in [0.1, 0.15) is 12.4 Å². The highest BCUT2D eigenvalue weighted by atomic mass is 35.5. The van der Waals surface area contributed by atoms with Crippen LogP contribution in [0, 0.1) is 5.92 Å². The van der Waals surface area contributed by atoms with E-state index in [-0.39, 0.29) is 31.4 Å². The molecule has 1 aliphatic rings. The molecule has 0 unspecified atom stereocenters. The Kier molecular flexibility index (Phi) is 8.63. The van der Waals surface area contributed by atoms with E-state index in [4.69, 9.17) is 37.4 Å². The zero-order valence-electron chi connectivity index (χ0n) is 20.4. The number of benzene rings is 3. The van der Waals surface area contributed by atoms with Crippen LogP contribution in [0.4, 0.5) is 11.4 Å². The second-order valence-electron chi connectivity index (χ2n) is 8.32. The molecule has 37 heavy (non-hydrogen) atoms. The summed E-state index contributed by atoms with van der Waals surface area (Å²) in [6.07, 6.45) is 0.111. The molecule has 0 saturated carbocycles. The van der Waals surface area contributed by atoms with E-state index >= 15 is 0 Å². The lowest BCUT2D eigenvalue weighted by atomic mass is 10.1. The maximum absolute atomic E-state index is 12.8. The van der Waals surface area contributed by atoms with Crippen LogP contribution in [0.15, 0.2) is 60.7 Å². The van der Waals surface area contributed by atoms with Crippen molar-refractivity contribution in [1.29, 1.82) is 0 Å². The number of anilines is 2. The van der Waals surface area contributed by atoms with Crippen molar-refractivity contribution < 1.29 is 23.8 Å². The summed E-state index contributed by atoms with van der Waals surface area (Å²) in [4.78, 5) is 27.0. The van der Waals surface area contributed by atoms with Crippen molar-refractivity contribution in [2.75, 3.05) is 30.6 Å². The summed E-state index contributed by atoms with van der Waals surface area (Å²) in [5, 5.41) is 0.881. The molecule has 1 aliphatic heterocycles. The first-order valence-electron chi connectivity index (χ1n) is 11.7. The van der Waals surface area contributed by atoms with Crippen molar-refractivity contribution in [2.24, 2.45) is 5.92 Å². The lowest BCUT2D eigenvalue weighted by Crippen LogP contribution is -2.36. The maximum atomic E-state index is 12.8. The summed E-state index contributed by atoms with van der Waals surface area (Å²) in [7, 11) is 1.50. The minimum absolute atomic E-state index is 0.111. The number of hydrogen-bond donors (Lipinski definition) is 2. The SMILES string of the molecule is CCOc1ccc(N2C[C@H](C(=O)NNc3cc(Cl)c(OCc4ccccc4Cl)c(OC)c3)CC2=O)cc1. The molecular weight excluding hydrogens is 517 g/mol. The molecule has 4 rings (SSSR count). The predicted molar refractivity (Wildman–Crippen MR) is 144 cm³/mol. The molecule has 3 aromatic carbocycles. The van der Waals surface area contributed by atoms with E-state index in [1.165, 1.54) is 7.11 Å². The first-order chi connectivity index (χ1) is 17.9. The fourth-order valence-electron chi connectivity index (χ4n) is 3.96. The number of amides is 2. The van der Waals surface area contributed by atoms with Gasteiger partial charge in [-0.3, -0.25) is 20.4 Å². The number of rotatable bonds is 10. The van der Waals surface area contributed by atoms with Crippen molar-refractivity contribution in [3.8, 4) is 17.2 Å². The average Bonchev–Trinajstić information content (AvgIpc) is 3.29. The van der Waals surface area contributed by atoms with Crippen LogP contribution in [0.3, 0.4) is 0 Å². The van der Waals surface area contributed by atoms with Crippen LogP contribution >= 0.6 is 23.2 Å². The molecule has 0 aliphatic carbocycles. The fourth-order valence-corrected chi connectivity index (χ4v) is 4.41. The van der Waals surface area contributed by atoms with Gasteiger partial charge >= 0.3 is 0 Å². The van der Waals surface area contributed by atoms with Gasteiger partial charge < -0.3 is 19.1 Å². The normalized spacial score (nSPS) is 14.9. The van der Waals surface area contributed by atoms with Gasteiger partial charge in [-0.05, 0) is 43.3 Å². The Morgan fingerprint density at radius 1 is 1.05 bits per heavy atom. The Balaban J connectivity index is 1.36. The molecule has 0 bridgehead atoms. The van der Waals surface area contributed by atoms with Crippen LogP contribution < -0.4 is 30.0 Å². The molecule has 2 N–H and O–H groups in total. The average molecular weight is 544 g/mol. The third-order valence-corrected chi connectivity index (χ3v) is 6.49. The summed E-state index contributed by atoms with van der Waals surface area (Å²) in [6.45, 7) is 2.95. The summed E-state index contributed by atoms with van der Waals surface area (Å²) in [5.41, 5.74) is 7.54. The highest BCUT2D eigenvalue weighted by Gasteiger charge is 2.35. The standard InChI is InChI=1S/C27H27Cl2N3O5/c1-3-36-21-10-8-20(9-11-21)32-15-18(12-25(32)33)27(34)31-30-19-13-23(29)26(24(14-19)35-2)37-16-17-6-4-5-7-22(17)28/h4-11,13-14,18,30H,3,12,15-16H2,1-2H3,(H,31,34)/t18-/m1/s1. The molecule has 3 aromatic rings. The zero-order chi connectivity index (χ0) is 26.4. The van der Waals surface area contributed by atoms with Gasteiger partial charge in [0.05, 0.1) is 30.3 Å². The molecule has 1 atom stereocenters. The van der Waals surface area contributed by atoms with Crippen LogP contribution in [-0.4, -0.2) is 32.1 Å². The first kappa shape index (κ1) is 26.4. The zero-order valence-corrected chi connectivity index (χ0v) is 21.9. The van der Waals surface area contributed by atoms with Crippen molar-refractivity contribution in [3.63, 3.8) is 0 Å². The molecule has 1 fully saturated rings.